The van der Waals surface area contributed by atoms with Gasteiger partial charge in [0.05, 0.1) is 17.5 Å². The molecule has 4 N–H and O–H groups in total. The van der Waals surface area contributed by atoms with E-state index in [4.69, 9.17) is 10.8 Å². The van der Waals surface area contributed by atoms with Crippen molar-refractivity contribution in [3.8, 4) is 0 Å². The second kappa shape index (κ2) is 4.36. The zero-order valence-corrected chi connectivity index (χ0v) is 8.97. The molecule has 0 aliphatic carbocycles. The lowest BCUT2D eigenvalue weighted by molar-refractivity contribution is 0.189. The number of benzene rings is 1. The van der Waals surface area contributed by atoms with Gasteiger partial charge in [0.2, 0.25) is 0 Å². The van der Waals surface area contributed by atoms with E-state index in [2.05, 4.69) is 20.3 Å². The van der Waals surface area contributed by atoms with Crippen LogP contribution >= 0.6 is 0 Å². The van der Waals surface area contributed by atoms with Crippen molar-refractivity contribution < 1.29 is 9.74 Å². The van der Waals surface area contributed by atoms with E-state index in [9.17, 15) is 0 Å². The van der Waals surface area contributed by atoms with Crippen LogP contribution in [0.5, 0.6) is 0 Å². The summed E-state index contributed by atoms with van der Waals surface area (Å²) in [6, 6.07) is 3.57. The first-order valence-corrected chi connectivity index (χ1v) is 5.11. The Morgan fingerprint density at radius 1 is 1.44 bits per heavy atom. The lowest BCUT2D eigenvalue weighted by atomic mass is 10.2. The lowest BCUT2D eigenvalue weighted by Crippen LogP contribution is -2.10. The fraction of sp³-hybridized carbons (Fsp3) is 0.400. The summed E-state index contributed by atoms with van der Waals surface area (Å²) in [5, 5.41) is 19.8. The second-order valence-corrected chi connectivity index (χ2v) is 3.73. The normalized spacial score (nSPS) is 12.9. The molecular weight excluding hydrogens is 208 g/mol. The molecule has 0 aliphatic rings. The summed E-state index contributed by atoms with van der Waals surface area (Å²) >= 11 is 0. The van der Waals surface area contributed by atoms with Gasteiger partial charge in [0, 0.05) is 6.54 Å². The number of hydrogen-bond acceptors (Lipinski definition) is 6. The van der Waals surface area contributed by atoms with Gasteiger partial charge >= 0.3 is 0 Å². The van der Waals surface area contributed by atoms with Crippen molar-refractivity contribution in [2.24, 2.45) is 0 Å². The predicted molar refractivity (Wildman–Crippen MR) is 61.0 cm³/mol. The van der Waals surface area contributed by atoms with Crippen LogP contribution in [0.3, 0.4) is 0 Å². The topological polar surface area (TPSA) is 97.2 Å². The Balaban J connectivity index is 2.18. The van der Waals surface area contributed by atoms with E-state index in [0.717, 1.165) is 5.69 Å². The molecule has 1 aromatic heterocycles. The molecule has 0 saturated heterocycles. The van der Waals surface area contributed by atoms with Gasteiger partial charge in [0.15, 0.2) is 11.0 Å². The van der Waals surface area contributed by atoms with Crippen LogP contribution in [-0.2, 0) is 0 Å². The molecule has 0 saturated carbocycles. The van der Waals surface area contributed by atoms with Gasteiger partial charge in [-0.3, -0.25) is 0 Å². The number of nitrogens with one attached hydrogen (secondary N) is 1. The molecule has 1 unspecified atom stereocenters. The van der Waals surface area contributed by atoms with Crippen LogP contribution in [0.1, 0.15) is 13.3 Å². The highest BCUT2D eigenvalue weighted by atomic mass is 16.6. The fourth-order valence-electron chi connectivity index (χ4n) is 1.44. The highest BCUT2D eigenvalue weighted by Gasteiger charge is 2.09. The minimum absolute atomic E-state index is 0.327. The molecule has 86 valence electrons. The van der Waals surface area contributed by atoms with Crippen LogP contribution in [0.25, 0.3) is 11.0 Å². The third-order valence-corrected chi connectivity index (χ3v) is 2.32. The van der Waals surface area contributed by atoms with Gasteiger partial charge in [-0.05, 0) is 35.8 Å². The molecular formula is C10H14N4O2. The molecule has 1 atom stereocenters. The van der Waals surface area contributed by atoms with Crippen LogP contribution in [0.15, 0.2) is 16.8 Å². The summed E-state index contributed by atoms with van der Waals surface area (Å²) in [6.45, 7) is 2.40. The largest absolute Gasteiger partial charge is 0.397 e. The Hall–Kier alpha value is -1.82. The number of nitrogens with two attached hydrogens (primary N) is 1. The maximum atomic E-state index is 9.14. The van der Waals surface area contributed by atoms with Gasteiger partial charge in [0.25, 0.3) is 0 Å². The monoisotopic (exact) mass is 222 g/mol. The van der Waals surface area contributed by atoms with Gasteiger partial charge in [-0.25, -0.2) is 4.63 Å². The molecule has 0 amide bonds. The van der Waals surface area contributed by atoms with E-state index in [1.807, 2.05) is 6.07 Å². The minimum atomic E-state index is -0.327. The number of rotatable bonds is 4. The van der Waals surface area contributed by atoms with Crippen molar-refractivity contribution in [1.82, 2.24) is 10.3 Å². The van der Waals surface area contributed by atoms with Gasteiger partial charge in [-0.15, -0.1) is 0 Å². The Labute approximate surface area is 92.4 Å². The number of aliphatic hydroxyl groups is 1. The zero-order chi connectivity index (χ0) is 11.5. The molecule has 1 aromatic carbocycles. The molecule has 2 aromatic rings. The van der Waals surface area contributed by atoms with E-state index in [1.54, 1.807) is 13.0 Å². The second-order valence-electron chi connectivity index (χ2n) is 3.73. The first kappa shape index (κ1) is 10.7. The SMILES string of the molecule is CC(O)CCNc1ccc(N)c2nonc12. The molecule has 0 fully saturated rings. The molecule has 6 nitrogen and oxygen atoms in total. The van der Waals surface area contributed by atoms with Crippen LogP contribution in [0, 0.1) is 0 Å². The van der Waals surface area contributed by atoms with Crippen molar-refractivity contribution in [2.75, 3.05) is 17.6 Å². The maximum absolute atomic E-state index is 9.14. The number of aromatic nitrogens is 2. The first-order chi connectivity index (χ1) is 7.68. The average Bonchev–Trinajstić information content (AvgIpc) is 2.70. The van der Waals surface area contributed by atoms with Gasteiger partial charge in [-0.2, -0.15) is 0 Å². The Morgan fingerprint density at radius 3 is 2.94 bits per heavy atom. The summed E-state index contributed by atoms with van der Waals surface area (Å²) in [4.78, 5) is 0. The van der Waals surface area contributed by atoms with Crippen molar-refractivity contribution in [1.29, 1.82) is 0 Å². The number of aliphatic hydroxyl groups excluding tert-OH is 1. The van der Waals surface area contributed by atoms with Gasteiger partial charge in [0.1, 0.15) is 0 Å². The van der Waals surface area contributed by atoms with Crippen molar-refractivity contribution in [3.05, 3.63) is 12.1 Å². The van der Waals surface area contributed by atoms with Crippen molar-refractivity contribution >= 4 is 22.4 Å². The average molecular weight is 222 g/mol. The van der Waals surface area contributed by atoms with Crippen LogP contribution < -0.4 is 11.1 Å². The highest BCUT2D eigenvalue weighted by Crippen LogP contribution is 2.24. The predicted octanol–water partition coefficient (Wildman–Crippen LogP) is 0.988. The molecule has 2 rings (SSSR count). The number of nitrogens with zero attached hydrogens (tertiary/aromatic N) is 2. The number of nitrogen functional groups attached to an aromatic ring is 1. The zero-order valence-electron chi connectivity index (χ0n) is 8.97. The fourth-order valence-corrected chi connectivity index (χ4v) is 1.44. The first-order valence-electron chi connectivity index (χ1n) is 5.11. The molecule has 0 aliphatic heterocycles. The van der Waals surface area contributed by atoms with Gasteiger partial charge in [-0.1, -0.05) is 0 Å². The highest BCUT2D eigenvalue weighted by molar-refractivity contribution is 5.94. The molecule has 6 heteroatoms. The molecule has 16 heavy (non-hydrogen) atoms. The lowest BCUT2D eigenvalue weighted by Gasteiger charge is -2.08. The van der Waals surface area contributed by atoms with E-state index < -0.39 is 0 Å². The summed E-state index contributed by atoms with van der Waals surface area (Å²) in [5.41, 5.74) is 8.24. The summed E-state index contributed by atoms with van der Waals surface area (Å²) in [7, 11) is 0. The summed E-state index contributed by atoms with van der Waals surface area (Å²) in [5.74, 6) is 0. The standard InChI is InChI=1S/C10H14N4O2/c1-6(15)4-5-12-8-3-2-7(11)9-10(8)14-16-13-9/h2-3,6,12,15H,4-5,11H2,1H3. The van der Waals surface area contributed by atoms with E-state index in [-0.39, 0.29) is 6.10 Å². The van der Waals surface area contributed by atoms with E-state index >= 15 is 0 Å². The Morgan fingerprint density at radius 2 is 2.19 bits per heavy atom. The van der Waals surface area contributed by atoms with Crippen LogP contribution in [0.2, 0.25) is 0 Å². The summed E-state index contributed by atoms with van der Waals surface area (Å²) in [6.07, 6.45) is 0.337. The summed E-state index contributed by atoms with van der Waals surface area (Å²) < 4.78 is 4.64. The molecule has 1 heterocycles. The quantitative estimate of drug-likeness (QED) is 0.667. The number of hydrogen-bond donors (Lipinski definition) is 3. The third kappa shape index (κ3) is 2.06. The maximum Gasteiger partial charge on any atom is 0.160 e. The van der Waals surface area contributed by atoms with Gasteiger partial charge < -0.3 is 16.2 Å². The van der Waals surface area contributed by atoms with Crippen LogP contribution in [-0.4, -0.2) is 28.1 Å². The number of fused-ring (bicyclic) bond motifs is 1. The van der Waals surface area contributed by atoms with Crippen molar-refractivity contribution in [3.63, 3.8) is 0 Å². The molecule has 0 spiro atoms. The minimum Gasteiger partial charge on any atom is -0.397 e. The van der Waals surface area contributed by atoms with Crippen molar-refractivity contribution in [2.45, 2.75) is 19.4 Å². The Kier molecular flexibility index (Phi) is 2.91. The third-order valence-electron chi connectivity index (χ3n) is 2.32. The van der Waals surface area contributed by atoms with E-state index in [0.29, 0.717) is 29.7 Å². The van der Waals surface area contributed by atoms with E-state index in [1.165, 1.54) is 0 Å². The number of anilines is 2. The van der Waals surface area contributed by atoms with Crippen LogP contribution in [0.4, 0.5) is 11.4 Å². The molecule has 0 bridgehead atoms. The Bertz CT molecular complexity index is 481. The smallest absolute Gasteiger partial charge is 0.160 e. The molecule has 0 radical (unpaired) electrons.